The number of nitrogens with one attached hydrogen (secondary N) is 1. The smallest absolute Gasteiger partial charge is 0.411 e. The topological polar surface area (TPSA) is 47.6 Å². The summed E-state index contributed by atoms with van der Waals surface area (Å²) < 4.78 is 9.73. The first kappa shape index (κ1) is 11.7. The Morgan fingerprint density at radius 1 is 1.53 bits per heavy atom. The number of hydrogen-bond donors (Lipinski definition) is 1. The van der Waals surface area contributed by atoms with Gasteiger partial charge >= 0.3 is 6.09 Å². The highest BCUT2D eigenvalue weighted by Crippen LogP contribution is 2.26. The quantitative estimate of drug-likeness (QED) is 0.867. The molecule has 0 unspecified atom stereocenters. The molecule has 0 saturated heterocycles. The lowest BCUT2D eigenvalue weighted by molar-refractivity contribution is 0.168. The van der Waals surface area contributed by atoms with E-state index in [9.17, 15) is 4.79 Å². The second kappa shape index (κ2) is 5.46. The van der Waals surface area contributed by atoms with Crippen LogP contribution in [0.5, 0.6) is 5.75 Å². The van der Waals surface area contributed by atoms with Crippen LogP contribution in [-0.4, -0.2) is 19.8 Å². The third-order valence-corrected chi connectivity index (χ3v) is 2.02. The maximum Gasteiger partial charge on any atom is 0.411 e. The molecule has 0 spiro atoms. The van der Waals surface area contributed by atoms with E-state index < -0.39 is 6.09 Å². The number of benzene rings is 1. The first-order valence-corrected chi connectivity index (χ1v) is 4.82. The zero-order valence-corrected chi connectivity index (χ0v) is 9.30. The molecule has 0 bridgehead atoms. The third kappa shape index (κ3) is 3.32. The summed E-state index contributed by atoms with van der Waals surface area (Å²) in [5.41, 5.74) is 0.467. The van der Waals surface area contributed by atoms with Gasteiger partial charge in [0.15, 0.2) is 0 Å². The second-order valence-electron chi connectivity index (χ2n) is 2.69. The molecule has 1 aromatic rings. The molecule has 0 atom stereocenters. The van der Waals surface area contributed by atoms with Crippen molar-refractivity contribution >= 4 is 23.4 Å². The van der Waals surface area contributed by atoms with Crippen LogP contribution < -0.4 is 10.1 Å². The summed E-state index contributed by atoms with van der Waals surface area (Å²) in [4.78, 5) is 11.1. The highest BCUT2D eigenvalue weighted by molar-refractivity contribution is 6.33. The number of carbonyl (C=O) groups excluding carboxylic acids is 1. The molecule has 1 rings (SSSR count). The number of anilines is 1. The molecule has 5 heteroatoms. The van der Waals surface area contributed by atoms with Gasteiger partial charge in [-0.2, -0.15) is 0 Å². The van der Waals surface area contributed by atoms with Gasteiger partial charge in [0.25, 0.3) is 0 Å². The number of hydrogen-bond acceptors (Lipinski definition) is 3. The highest BCUT2D eigenvalue weighted by atomic mass is 35.5. The van der Waals surface area contributed by atoms with Crippen LogP contribution in [0.1, 0.15) is 6.92 Å². The molecule has 1 N–H and O–H groups in total. The fourth-order valence-electron chi connectivity index (χ4n) is 1.00. The van der Waals surface area contributed by atoms with Crippen molar-refractivity contribution in [3.05, 3.63) is 23.2 Å². The minimum atomic E-state index is -0.535. The van der Waals surface area contributed by atoms with E-state index >= 15 is 0 Å². The molecule has 0 fully saturated rings. The lowest BCUT2D eigenvalue weighted by Gasteiger charge is -2.08. The third-order valence-electron chi connectivity index (χ3n) is 1.69. The Bertz CT molecular complexity index is 355. The van der Waals surface area contributed by atoms with Gasteiger partial charge in [-0.05, 0) is 19.1 Å². The van der Waals surface area contributed by atoms with Crippen LogP contribution in [0, 0.1) is 0 Å². The van der Waals surface area contributed by atoms with Crippen LogP contribution in [0.2, 0.25) is 5.02 Å². The highest BCUT2D eigenvalue weighted by Gasteiger charge is 2.06. The Kier molecular flexibility index (Phi) is 4.24. The van der Waals surface area contributed by atoms with Gasteiger partial charge in [-0.3, -0.25) is 5.32 Å². The van der Waals surface area contributed by atoms with Crippen molar-refractivity contribution in [2.45, 2.75) is 6.92 Å². The summed E-state index contributed by atoms with van der Waals surface area (Å²) >= 11 is 5.87. The fraction of sp³-hybridized carbons (Fsp3) is 0.300. The number of amides is 1. The van der Waals surface area contributed by atoms with Crippen LogP contribution in [0.3, 0.4) is 0 Å². The standard InChI is InChI=1S/C10H12ClNO3/c1-3-15-10(13)12-9-6-7(14-2)4-5-8(9)11/h4-6H,3H2,1-2H3,(H,12,13). The number of ether oxygens (including phenoxy) is 2. The molecular formula is C10H12ClNO3. The molecule has 0 aromatic heterocycles. The summed E-state index contributed by atoms with van der Waals surface area (Å²) in [5.74, 6) is 0.617. The van der Waals surface area contributed by atoms with Crippen LogP contribution in [0.25, 0.3) is 0 Å². The van der Waals surface area contributed by atoms with Gasteiger partial charge in [0.2, 0.25) is 0 Å². The SMILES string of the molecule is CCOC(=O)Nc1cc(OC)ccc1Cl. The zero-order chi connectivity index (χ0) is 11.3. The van der Waals surface area contributed by atoms with Gasteiger partial charge in [-0.15, -0.1) is 0 Å². The van der Waals surface area contributed by atoms with Gasteiger partial charge in [-0.25, -0.2) is 4.79 Å². The van der Waals surface area contributed by atoms with Crippen LogP contribution in [-0.2, 0) is 4.74 Å². The Morgan fingerprint density at radius 2 is 2.27 bits per heavy atom. The molecule has 1 amide bonds. The Hall–Kier alpha value is -1.42. The van der Waals surface area contributed by atoms with Gasteiger partial charge in [0.05, 0.1) is 24.4 Å². The predicted molar refractivity (Wildman–Crippen MR) is 58.6 cm³/mol. The maximum absolute atomic E-state index is 11.1. The lowest BCUT2D eigenvalue weighted by Crippen LogP contribution is -2.13. The Labute approximate surface area is 93.1 Å². The van der Waals surface area contributed by atoms with E-state index in [1.165, 1.54) is 7.11 Å². The molecule has 15 heavy (non-hydrogen) atoms. The first-order valence-electron chi connectivity index (χ1n) is 4.44. The number of methoxy groups -OCH3 is 1. The van der Waals surface area contributed by atoms with E-state index in [0.29, 0.717) is 23.1 Å². The monoisotopic (exact) mass is 229 g/mol. The summed E-state index contributed by atoms with van der Waals surface area (Å²) in [6.45, 7) is 2.04. The summed E-state index contributed by atoms with van der Waals surface area (Å²) in [5, 5.41) is 2.95. The molecule has 82 valence electrons. The van der Waals surface area contributed by atoms with Crippen molar-refractivity contribution in [3.63, 3.8) is 0 Å². The van der Waals surface area contributed by atoms with E-state index in [4.69, 9.17) is 21.1 Å². The Morgan fingerprint density at radius 3 is 2.87 bits per heavy atom. The number of halogens is 1. The van der Waals surface area contributed by atoms with E-state index in [2.05, 4.69) is 5.32 Å². The zero-order valence-electron chi connectivity index (χ0n) is 8.54. The molecule has 0 aliphatic carbocycles. The normalized spacial score (nSPS) is 9.53. The number of rotatable bonds is 3. The molecule has 0 aliphatic rings. The molecule has 1 aromatic carbocycles. The summed E-state index contributed by atoms with van der Waals surface area (Å²) in [7, 11) is 1.54. The van der Waals surface area contributed by atoms with E-state index in [1.807, 2.05) is 0 Å². The van der Waals surface area contributed by atoms with Crippen molar-refractivity contribution in [2.75, 3.05) is 19.0 Å². The van der Waals surface area contributed by atoms with Crippen molar-refractivity contribution in [1.82, 2.24) is 0 Å². The minimum absolute atomic E-state index is 0.313. The summed E-state index contributed by atoms with van der Waals surface area (Å²) in [6, 6.07) is 4.97. The van der Waals surface area contributed by atoms with Gasteiger partial charge in [0.1, 0.15) is 5.75 Å². The summed E-state index contributed by atoms with van der Waals surface area (Å²) in [6.07, 6.45) is -0.535. The van der Waals surface area contributed by atoms with Crippen molar-refractivity contribution in [3.8, 4) is 5.75 Å². The average Bonchev–Trinajstić information content (AvgIpc) is 2.21. The largest absolute Gasteiger partial charge is 0.497 e. The molecule has 0 radical (unpaired) electrons. The van der Waals surface area contributed by atoms with E-state index in [1.54, 1.807) is 25.1 Å². The van der Waals surface area contributed by atoms with E-state index in [0.717, 1.165) is 0 Å². The fourth-order valence-corrected chi connectivity index (χ4v) is 1.17. The van der Waals surface area contributed by atoms with Crippen molar-refractivity contribution in [1.29, 1.82) is 0 Å². The average molecular weight is 230 g/mol. The molecular weight excluding hydrogens is 218 g/mol. The van der Waals surface area contributed by atoms with Crippen molar-refractivity contribution < 1.29 is 14.3 Å². The lowest BCUT2D eigenvalue weighted by atomic mass is 10.3. The van der Waals surface area contributed by atoms with E-state index in [-0.39, 0.29) is 0 Å². The minimum Gasteiger partial charge on any atom is -0.497 e. The predicted octanol–water partition coefficient (Wildman–Crippen LogP) is 2.92. The van der Waals surface area contributed by atoms with Crippen LogP contribution >= 0.6 is 11.6 Å². The molecule has 0 saturated carbocycles. The number of carbonyl (C=O) groups is 1. The van der Waals surface area contributed by atoms with Gasteiger partial charge in [-0.1, -0.05) is 11.6 Å². The second-order valence-corrected chi connectivity index (χ2v) is 3.10. The van der Waals surface area contributed by atoms with Crippen LogP contribution in [0.4, 0.5) is 10.5 Å². The molecule has 0 aliphatic heterocycles. The Balaban J connectivity index is 2.79. The van der Waals surface area contributed by atoms with Crippen LogP contribution in [0.15, 0.2) is 18.2 Å². The van der Waals surface area contributed by atoms with Gasteiger partial charge in [0, 0.05) is 6.07 Å². The molecule has 0 heterocycles. The van der Waals surface area contributed by atoms with Gasteiger partial charge < -0.3 is 9.47 Å². The molecule has 4 nitrogen and oxygen atoms in total. The van der Waals surface area contributed by atoms with Crippen molar-refractivity contribution in [2.24, 2.45) is 0 Å². The first-order chi connectivity index (χ1) is 7.17. The maximum atomic E-state index is 11.1.